The average Bonchev–Trinajstić information content (AvgIpc) is 3.28. The summed E-state index contributed by atoms with van der Waals surface area (Å²) >= 11 is 0. The van der Waals surface area contributed by atoms with Gasteiger partial charge in [-0.1, -0.05) is 30.3 Å². The van der Waals surface area contributed by atoms with Crippen LogP contribution in [0.4, 0.5) is 5.69 Å². The Labute approximate surface area is 155 Å². The topological polar surface area (TPSA) is 90.5 Å². The molecular weight excluding hydrogens is 342 g/mol. The molecule has 0 aliphatic heterocycles. The highest BCUT2D eigenvalue weighted by Gasteiger charge is 2.14. The molecule has 1 N–H and O–H groups in total. The van der Waals surface area contributed by atoms with Gasteiger partial charge in [-0.05, 0) is 47.7 Å². The third-order valence-electron chi connectivity index (χ3n) is 4.12. The van der Waals surface area contributed by atoms with Crippen LogP contribution in [-0.2, 0) is 7.05 Å². The second-order valence-electron chi connectivity index (χ2n) is 6.08. The van der Waals surface area contributed by atoms with E-state index in [1.807, 2.05) is 61.5 Å². The number of hydrogen-bond donors (Lipinski definition) is 1. The van der Waals surface area contributed by atoms with E-state index in [2.05, 4.69) is 25.9 Å². The summed E-state index contributed by atoms with van der Waals surface area (Å²) in [7, 11) is 1.76. The van der Waals surface area contributed by atoms with E-state index in [1.165, 1.54) is 0 Å². The van der Waals surface area contributed by atoms with Crippen LogP contribution in [0.3, 0.4) is 0 Å². The molecule has 8 nitrogen and oxygen atoms in total. The summed E-state index contributed by atoms with van der Waals surface area (Å²) in [5.41, 5.74) is 3.59. The molecule has 0 radical (unpaired) electrons. The molecule has 0 fully saturated rings. The van der Waals surface area contributed by atoms with Gasteiger partial charge in [0.15, 0.2) is 11.5 Å². The molecule has 4 rings (SSSR count). The second-order valence-corrected chi connectivity index (χ2v) is 6.08. The number of nitrogens with zero attached hydrogens (tertiary/aromatic N) is 6. The zero-order valence-electron chi connectivity index (χ0n) is 14.9. The van der Waals surface area contributed by atoms with Gasteiger partial charge in [0, 0.05) is 24.0 Å². The van der Waals surface area contributed by atoms with Crippen molar-refractivity contribution in [1.82, 2.24) is 30.0 Å². The van der Waals surface area contributed by atoms with E-state index < -0.39 is 0 Å². The predicted octanol–water partition coefficient (Wildman–Crippen LogP) is 2.62. The van der Waals surface area contributed by atoms with Crippen LogP contribution < -0.4 is 5.32 Å². The van der Waals surface area contributed by atoms with Crippen molar-refractivity contribution in [3.05, 3.63) is 72.1 Å². The smallest absolute Gasteiger partial charge is 0.276 e. The normalized spacial score (nSPS) is 10.7. The molecule has 0 saturated heterocycles. The fraction of sp³-hybridized carbons (Fsp3) is 0.105. The van der Waals surface area contributed by atoms with E-state index >= 15 is 0 Å². The van der Waals surface area contributed by atoms with Crippen molar-refractivity contribution in [2.75, 3.05) is 5.32 Å². The Morgan fingerprint density at radius 3 is 2.59 bits per heavy atom. The number of para-hydroxylation sites is 1. The lowest BCUT2D eigenvalue weighted by Crippen LogP contribution is -2.13. The minimum absolute atomic E-state index is 0.277. The first kappa shape index (κ1) is 16.6. The summed E-state index contributed by atoms with van der Waals surface area (Å²) in [6, 6.07) is 18.8. The highest BCUT2D eigenvalue weighted by molar-refractivity contribution is 6.03. The van der Waals surface area contributed by atoms with E-state index in [4.69, 9.17) is 0 Å². The van der Waals surface area contributed by atoms with Crippen LogP contribution >= 0.6 is 0 Å². The summed E-state index contributed by atoms with van der Waals surface area (Å²) in [6.07, 6.45) is 0. The molecule has 2 heterocycles. The molecule has 2 aromatic heterocycles. The Morgan fingerprint density at radius 1 is 1.04 bits per heavy atom. The van der Waals surface area contributed by atoms with E-state index in [0.29, 0.717) is 17.2 Å². The van der Waals surface area contributed by atoms with Gasteiger partial charge in [0.25, 0.3) is 5.91 Å². The number of anilines is 1. The van der Waals surface area contributed by atoms with Crippen LogP contribution in [-0.4, -0.2) is 35.9 Å². The molecule has 0 atom stereocenters. The number of aromatic nitrogens is 6. The van der Waals surface area contributed by atoms with E-state index in [-0.39, 0.29) is 5.91 Å². The van der Waals surface area contributed by atoms with Gasteiger partial charge < -0.3 is 5.32 Å². The van der Waals surface area contributed by atoms with Crippen LogP contribution in [0.25, 0.3) is 17.1 Å². The number of carbonyl (C=O) groups is 1. The molecule has 1 amide bonds. The average molecular weight is 359 g/mol. The molecule has 4 aromatic rings. The third kappa shape index (κ3) is 3.32. The van der Waals surface area contributed by atoms with E-state index in [9.17, 15) is 4.79 Å². The second kappa shape index (κ2) is 6.83. The molecule has 0 bridgehead atoms. The maximum Gasteiger partial charge on any atom is 0.276 e. The molecule has 0 spiro atoms. The number of aryl methyl sites for hydroxylation is 2. The highest BCUT2D eigenvalue weighted by Crippen LogP contribution is 2.20. The zero-order valence-corrected chi connectivity index (χ0v) is 14.9. The largest absolute Gasteiger partial charge is 0.321 e. The minimum Gasteiger partial charge on any atom is -0.321 e. The summed E-state index contributed by atoms with van der Waals surface area (Å²) < 4.78 is 3.32. The van der Waals surface area contributed by atoms with Crippen molar-refractivity contribution in [3.63, 3.8) is 0 Å². The highest BCUT2D eigenvalue weighted by atomic mass is 16.1. The van der Waals surface area contributed by atoms with Crippen LogP contribution in [0.1, 0.15) is 16.2 Å². The molecule has 0 saturated carbocycles. The maximum atomic E-state index is 12.6. The minimum atomic E-state index is -0.277. The van der Waals surface area contributed by atoms with Crippen molar-refractivity contribution >= 4 is 11.6 Å². The zero-order chi connectivity index (χ0) is 18.8. The summed E-state index contributed by atoms with van der Waals surface area (Å²) in [4.78, 5) is 12.6. The molecule has 0 aliphatic carbocycles. The van der Waals surface area contributed by atoms with Gasteiger partial charge in [-0.3, -0.25) is 4.79 Å². The summed E-state index contributed by atoms with van der Waals surface area (Å²) in [5.74, 6) is 0.344. The Bertz CT molecular complexity index is 1100. The molecular formula is C19H17N7O. The SMILES string of the molecule is Cc1cc(C(=O)Nc2cccc(-c3nnnn3C)c2)nn1-c1ccccc1. The summed E-state index contributed by atoms with van der Waals surface area (Å²) in [5, 5.41) is 18.8. The maximum absolute atomic E-state index is 12.6. The lowest BCUT2D eigenvalue weighted by molar-refractivity contribution is 0.102. The lowest BCUT2D eigenvalue weighted by Gasteiger charge is -2.06. The number of tetrazole rings is 1. The Balaban J connectivity index is 1.58. The predicted molar refractivity (Wildman–Crippen MR) is 100 cm³/mol. The standard InChI is InChI=1S/C19H17N7O/c1-13-11-17(22-26(13)16-9-4-3-5-10-16)19(27)20-15-8-6-7-14(12-15)18-21-23-24-25(18)2/h3-12H,1-2H3,(H,20,27). The van der Waals surface area contributed by atoms with Gasteiger partial charge in [-0.2, -0.15) is 5.10 Å². The molecule has 0 aliphatic rings. The van der Waals surface area contributed by atoms with Gasteiger partial charge in [-0.25, -0.2) is 9.36 Å². The molecule has 2 aromatic carbocycles. The van der Waals surface area contributed by atoms with Crippen LogP contribution in [0.5, 0.6) is 0 Å². The third-order valence-corrected chi connectivity index (χ3v) is 4.12. The van der Waals surface area contributed by atoms with Crippen molar-refractivity contribution in [2.45, 2.75) is 6.92 Å². The Morgan fingerprint density at radius 2 is 1.85 bits per heavy atom. The number of nitrogens with one attached hydrogen (secondary N) is 1. The first-order valence-electron chi connectivity index (χ1n) is 8.38. The first-order valence-corrected chi connectivity index (χ1v) is 8.38. The van der Waals surface area contributed by atoms with Gasteiger partial charge in [-0.15, -0.1) is 5.10 Å². The van der Waals surface area contributed by atoms with Crippen molar-refractivity contribution < 1.29 is 4.79 Å². The molecule has 134 valence electrons. The number of benzene rings is 2. The van der Waals surface area contributed by atoms with E-state index in [1.54, 1.807) is 22.5 Å². The molecule has 8 heteroatoms. The van der Waals surface area contributed by atoms with Crippen LogP contribution in [0.15, 0.2) is 60.7 Å². The number of amides is 1. The van der Waals surface area contributed by atoms with Gasteiger partial charge >= 0.3 is 0 Å². The van der Waals surface area contributed by atoms with Crippen molar-refractivity contribution in [3.8, 4) is 17.1 Å². The fourth-order valence-electron chi connectivity index (χ4n) is 2.82. The Kier molecular flexibility index (Phi) is 4.21. The van der Waals surface area contributed by atoms with Gasteiger partial charge in [0.2, 0.25) is 0 Å². The quantitative estimate of drug-likeness (QED) is 0.605. The Hall–Kier alpha value is -3.81. The van der Waals surface area contributed by atoms with Crippen molar-refractivity contribution in [1.29, 1.82) is 0 Å². The fourth-order valence-corrected chi connectivity index (χ4v) is 2.82. The number of hydrogen-bond acceptors (Lipinski definition) is 5. The van der Waals surface area contributed by atoms with Gasteiger partial charge in [0.05, 0.1) is 5.69 Å². The molecule has 27 heavy (non-hydrogen) atoms. The lowest BCUT2D eigenvalue weighted by atomic mass is 10.2. The van der Waals surface area contributed by atoms with Crippen LogP contribution in [0, 0.1) is 6.92 Å². The van der Waals surface area contributed by atoms with Crippen molar-refractivity contribution in [2.24, 2.45) is 7.05 Å². The van der Waals surface area contributed by atoms with Gasteiger partial charge in [0.1, 0.15) is 0 Å². The number of carbonyl (C=O) groups excluding carboxylic acids is 1. The first-order chi connectivity index (χ1) is 13.1. The van der Waals surface area contributed by atoms with Crippen LogP contribution in [0.2, 0.25) is 0 Å². The molecule has 0 unspecified atom stereocenters. The van der Waals surface area contributed by atoms with E-state index in [0.717, 1.165) is 16.9 Å². The summed E-state index contributed by atoms with van der Waals surface area (Å²) in [6.45, 7) is 1.92. The number of rotatable bonds is 4. The monoisotopic (exact) mass is 359 g/mol.